The van der Waals surface area contributed by atoms with Crippen molar-refractivity contribution in [2.24, 2.45) is 0 Å². The maximum absolute atomic E-state index is 13.1. The average Bonchev–Trinajstić information content (AvgIpc) is 2.73. The van der Waals surface area contributed by atoms with Crippen molar-refractivity contribution in [1.82, 2.24) is 14.5 Å². The number of rotatable bonds is 6. The first-order chi connectivity index (χ1) is 13.8. The zero-order chi connectivity index (χ0) is 21.0. The number of hydrogen-bond acceptors (Lipinski definition) is 4. The van der Waals surface area contributed by atoms with E-state index in [9.17, 15) is 22.0 Å². The van der Waals surface area contributed by atoms with Gasteiger partial charge in [-0.1, -0.05) is 24.3 Å². The van der Waals surface area contributed by atoms with E-state index in [-0.39, 0.29) is 30.4 Å². The van der Waals surface area contributed by atoms with Crippen molar-refractivity contribution in [3.05, 3.63) is 71.3 Å². The Morgan fingerprint density at radius 2 is 1.52 bits per heavy atom. The molecule has 7 nitrogen and oxygen atoms in total. The van der Waals surface area contributed by atoms with Gasteiger partial charge in [0.15, 0.2) is 0 Å². The number of carbonyl (C=O) groups excluding carboxylic acids is 1. The summed E-state index contributed by atoms with van der Waals surface area (Å²) in [7, 11) is -4.05. The number of hydroxylamine groups is 1. The highest BCUT2D eigenvalue weighted by Crippen LogP contribution is 2.29. The Morgan fingerprint density at radius 3 is 2.03 bits per heavy atom. The van der Waals surface area contributed by atoms with Crippen LogP contribution in [0.1, 0.15) is 35.9 Å². The van der Waals surface area contributed by atoms with E-state index in [1.54, 1.807) is 12.1 Å². The maximum Gasteiger partial charge on any atom is 0.280 e. The van der Waals surface area contributed by atoms with Crippen LogP contribution in [0.3, 0.4) is 0 Å². The molecule has 1 amide bonds. The average molecular weight is 425 g/mol. The highest BCUT2D eigenvalue weighted by Gasteiger charge is 2.33. The molecule has 3 rings (SSSR count). The number of piperidine rings is 1. The lowest BCUT2D eigenvalue weighted by Crippen LogP contribution is -2.48. The molecular weight excluding hydrogens is 404 g/mol. The Kier molecular flexibility index (Phi) is 6.58. The second kappa shape index (κ2) is 8.95. The summed E-state index contributed by atoms with van der Waals surface area (Å²) in [5.41, 5.74) is 2.56. The van der Waals surface area contributed by atoms with Gasteiger partial charge in [0.1, 0.15) is 17.7 Å². The molecule has 1 fully saturated rings. The molecule has 29 heavy (non-hydrogen) atoms. The second-order valence-electron chi connectivity index (χ2n) is 6.81. The Hall–Kier alpha value is -2.40. The van der Waals surface area contributed by atoms with Crippen LogP contribution in [0, 0.1) is 11.6 Å². The molecule has 1 atom stereocenters. The van der Waals surface area contributed by atoms with E-state index >= 15 is 0 Å². The molecule has 156 valence electrons. The largest absolute Gasteiger partial charge is 0.289 e. The number of halogens is 2. The van der Waals surface area contributed by atoms with Gasteiger partial charge in [0.2, 0.25) is 0 Å². The first kappa shape index (κ1) is 21.3. The zero-order valence-corrected chi connectivity index (χ0v) is 16.2. The molecule has 0 unspecified atom stereocenters. The number of nitrogens with zero attached hydrogens (tertiary/aromatic N) is 1. The molecule has 0 bridgehead atoms. The van der Waals surface area contributed by atoms with Crippen molar-refractivity contribution in [2.75, 3.05) is 13.1 Å². The molecule has 1 aliphatic rings. The molecule has 0 saturated carbocycles. The fraction of sp³-hybridized carbons (Fsp3) is 0.316. The maximum atomic E-state index is 13.1. The summed E-state index contributed by atoms with van der Waals surface area (Å²) < 4.78 is 55.3. The zero-order valence-electron chi connectivity index (χ0n) is 15.4. The molecule has 1 heterocycles. The second-order valence-corrected chi connectivity index (χ2v) is 8.51. The van der Waals surface area contributed by atoms with Crippen LogP contribution in [-0.4, -0.2) is 36.9 Å². The summed E-state index contributed by atoms with van der Waals surface area (Å²) in [5, 5.41) is 8.96. The molecule has 1 saturated heterocycles. The van der Waals surface area contributed by atoms with E-state index in [1.807, 2.05) is 0 Å². The van der Waals surface area contributed by atoms with Crippen LogP contribution in [0.15, 0.2) is 48.5 Å². The number of carbonyl (C=O) groups is 1. The first-order valence-corrected chi connectivity index (χ1v) is 10.5. The van der Waals surface area contributed by atoms with E-state index in [0.29, 0.717) is 12.8 Å². The molecule has 0 aromatic heterocycles. The van der Waals surface area contributed by atoms with E-state index in [4.69, 9.17) is 5.21 Å². The van der Waals surface area contributed by atoms with Gasteiger partial charge >= 0.3 is 0 Å². The summed E-state index contributed by atoms with van der Waals surface area (Å²) in [6.07, 6.45) is 1.08. The predicted octanol–water partition coefficient (Wildman–Crippen LogP) is 2.23. The summed E-state index contributed by atoms with van der Waals surface area (Å²) in [6, 6.07) is 9.43. The van der Waals surface area contributed by atoms with Gasteiger partial charge in [-0.15, -0.1) is 0 Å². The number of benzene rings is 2. The van der Waals surface area contributed by atoms with Crippen LogP contribution >= 0.6 is 0 Å². The first-order valence-electron chi connectivity index (χ1n) is 9.02. The highest BCUT2D eigenvalue weighted by atomic mass is 32.2. The van der Waals surface area contributed by atoms with E-state index in [1.165, 1.54) is 34.1 Å². The van der Waals surface area contributed by atoms with Gasteiger partial charge in [-0.2, -0.15) is 17.4 Å². The van der Waals surface area contributed by atoms with Gasteiger partial charge in [-0.05, 0) is 54.2 Å². The van der Waals surface area contributed by atoms with E-state index in [0.717, 1.165) is 17.7 Å². The van der Waals surface area contributed by atoms with Crippen molar-refractivity contribution >= 4 is 16.1 Å². The fourth-order valence-electron chi connectivity index (χ4n) is 3.38. The van der Waals surface area contributed by atoms with E-state index in [2.05, 4.69) is 4.72 Å². The van der Waals surface area contributed by atoms with E-state index < -0.39 is 28.0 Å². The topological polar surface area (TPSA) is 98.7 Å². The summed E-state index contributed by atoms with van der Waals surface area (Å²) in [6.45, 7) is 0.433. The molecular formula is C19H21F2N3O4S. The lowest BCUT2D eigenvalue weighted by atomic mass is 9.90. The Labute approximate surface area is 167 Å². The molecule has 0 aliphatic carbocycles. The Balaban J connectivity index is 1.70. The predicted molar refractivity (Wildman–Crippen MR) is 101 cm³/mol. The molecule has 10 heteroatoms. The smallest absolute Gasteiger partial charge is 0.280 e. The van der Waals surface area contributed by atoms with Gasteiger partial charge in [-0.25, -0.2) is 14.3 Å². The third-order valence-corrected chi connectivity index (χ3v) is 6.56. The quantitative estimate of drug-likeness (QED) is 0.488. The molecule has 0 radical (unpaired) electrons. The monoisotopic (exact) mass is 425 g/mol. The normalized spacial score (nSPS) is 17.1. The summed E-state index contributed by atoms with van der Waals surface area (Å²) in [4.78, 5) is 12.0. The van der Waals surface area contributed by atoms with Gasteiger partial charge in [0.05, 0.1) is 0 Å². The molecule has 3 N–H and O–H groups in total. The number of nitrogens with one attached hydrogen (secondary N) is 2. The fourth-order valence-corrected chi connectivity index (χ4v) is 4.76. The third-order valence-electron chi connectivity index (χ3n) is 4.98. The van der Waals surface area contributed by atoms with Crippen LogP contribution in [0.25, 0.3) is 0 Å². The van der Waals surface area contributed by atoms with Gasteiger partial charge in [-0.3, -0.25) is 10.0 Å². The third kappa shape index (κ3) is 5.15. The van der Waals surface area contributed by atoms with Crippen molar-refractivity contribution in [3.63, 3.8) is 0 Å². The highest BCUT2D eigenvalue weighted by molar-refractivity contribution is 7.87. The molecule has 2 aromatic carbocycles. The van der Waals surface area contributed by atoms with Crippen LogP contribution in [-0.2, 0) is 15.0 Å². The van der Waals surface area contributed by atoms with Crippen molar-refractivity contribution < 1.29 is 27.2 Å². The van der Waals surface area contributed by atoms with Gasteiger partial charge < -0.3 is 0 Å². The minimum absolute atomic E-state index is 0.107. The van der Waals surface area contributed by atoms with Crippen molar-refractivity contribution in [1.29, 1.82) is 0 Å². The van der Waals surface area contributed by atoms with Crippen LogP contribution in [0.5, 0.6) is 0 Å². The SMILES string of the molecule is O=C(NO)[C@H](NS(=O)(=O)N1CCC(c2ccc(F)cc2)CC1)c1ccc(F)cc1. The van der Waals surface area contributed by atoms with Gasteiger partial charge in [0, 0.05) is 13.1 Å². The minimum atomic E-state index is -4.05. The summed E-state index contributed by atoms with van der Waals surface area (Å²) in [5.74, 6) is -1.74. The lowest BCUT2D eigenvalue weighted by Gasteiger charge is -2.32. The molecule has 0 spiro atoms. The van der Waals surface area contributed by atoms with Crippen LogP contribution in [0.4, 0.5) is 8.78 Å². The molecule has 1 aliphatic heterocycles. The van der Waals surface area contributed by atoms with Crippen molar-refractivity contribution in [2.45, 2.75) is 24.8 Å². The van der Waals surface area contributed by atoms with Crippen LogP contribution in [0.2, 0.25) is 0 Å². The standard InChI is InChI=1S/C19H21F2N3O4S/c20-16-5-1-13(2-6-16)14-9-11-24(12-10-14)29(27,28)23-18(19(25)22-26)15-3-7-17(21)8-4-15/h1-8,14,18,23,26H,9-12H2,(H,22,25)/t18-/m1/s1. The Bertz CT molecular complexity index is 944. The number of amides is 1. The van der Waals surface area contributed by atoms with Gasteiger partial charge in [0.25, 0.3) is 16.1 Å². The number of hydrogen-bond donors (Lipinski definition) is 3. The van der Waals surface area contributed by atoms with Crippen LogP contribution < -0.4 is 10.2 Å². The van der Waals surface area contributed by atoms with Crippen molar-refractivity contribution in [3.8, 4) is 0 Å². The Morgan fingerprint density at radius 1 is 1.00 bits per heavy atom. The molecule has 2 aromatic rings. The lowest BCUT2D eigenvalue weighted by molar-refractivity contribution is -0.131. The minimum Gasteiger partial charge on any atom is -0.289 e. The summed E-state index contributed by atoms with van der Waals surface area (Å²) >= 11 is 0.